The van der Waals surface area contributed by atoms with E-state index in [0.717, 1.165) is 5.56 Å². The molecule has 0 saturated carbocycles. The molecule has 3 aromatic rings. The SMILES string of the molecule is COc1ccc(/C=C(\NC(=O)c2ccc(OC)cc2)C(=O)Nc2ccc(OC)cc2)cc1. The van der Waals surface area contributed by atoms with E-state index in [4.69, 9.17) is 14.2 Å². The maximum atomic E-state index is 13.0. The Bertz CT molecular complexity index is 1090. The number of carbonyl (C=O) groups excluding carboxylic acids is 2. The molecule has 0 saturated heterocycles. The smallest absolute Gasteiger partial charge is 0.272 e. The lowest BCUT2D eigenvalue weighted by Crippen LogP contribution is -2.30. The van der Waals surface area contributed by atoms with Gasteiger partial charge in [0.1, 0.15) is 22.9 Å². The highest BCUT2D eigenvalue weighted by Crippen LogP contribution is 2.18. The quantitative estimate of drug-likeness (QED) is 0.523. The average molecular weight is 432 g/mol. The van der Waals surface area contributed by atoms with Gasteiger partial charge in [-0.2, -0.15) is 0 Å². The van der Waals surface area contributed by atoms with Gasteiger partial charge >= 0.3 is 0 Å². The Morgan fingerprint density at radius 3 is 1.66 bits per heavy atom. The van der Waals surface area contributed by atoms with Crippen LogP contribution >= 0.6 is 0 Å². The summed E-state index contributed by atoms with van der Waals surface area (Å²) in [5.74, 6) is 1.11. The van der Waals surface area contributed by atoms with Crippen molar-refractivity contribution >= 4 is 23.6 Å². The molecule has 3 rings (SSSR count). The Morgan fingerprint density at radius 1 is 0.688 bits per heavy atom. The van der Waals surface area contributed by atoms with E-state index in [1.54, 1.807) is 100 Å². The van der Waals surface area contributed by atoms with Crippen molar-refractivity contribution in [1.29, 1.82) is 0 Å². The number of hydrogen-bond donors (Lipinski definition) is 2. The number of methoxy groups -OCH3 is 3. The van der Waals surface area contributed by atoms with Crippen molar-refractivity contribution < 1.29 is 23.8 Å². The van der Waals surface area contributed by atoms with Gasteiger partial charge in [0.2, 0.25) is 0 Å². The van der Waals surface area contributed by atoms with Gasteiger partial charge in [-0.1, -0.05) is 12.1 Å². The topological polar surface area (TPSA) is 85.9 Å². The Labute approximate surface area is 186 Å². The predicted molar refractivity (Wildman–Crippen MR) is 123 cm³/mol. The predicted octanol–water partition coefficient (Wildman–Crippen LogP) is 4.12. The Hall–Kier alpha value is -4.26. The second kappa shape index (κ2) is 10.7. The number of nitrogens with one attached hydrogen (secondary N) is 2. The summed E-state index contributed by atoms with van der Waals surface area (Å²) in [6, 6.07) is 20.6. The van der Waals surface area contributed by atoms with Gasteiger partial charge in [-0.05, 0) is 72.3 Å². The van der Waals surface area contributed by atoms with Crippen LogP contribution in [0.2, 0.25) is 0 Å². The number of hydrogen-bond acceptors (Lipinski definition) is 5. The largest absolute Gasteiger partial charge is 0.497 e. The zero-order valence-corrected chi connectivity index (χ0v) is 18.0. The van der Waals surface area contributed by atoms with E-state index in [1.165, 1.54) is 0 Å². The minimum Gasteiger partial charge on any atom is -0.497 e. The van der Waals surface area contributed by atoms with Gasteiger partial charge < -0.3 is 24.8 Å². The highest BCUT2D eigenvalue weighted by atomic mass is 16.5. The molecule has 164 valence electrons. The van der Waals surface area contributed by atoms with E-state index >= 15 is 0 Å². The molecule has 0 heterocycles. The summed E-state index contributed by atoms with van der Waals surface area (Å²) in [5.41, 5.74) is 1.77. The normalized spacial score (nSPS) is 10.8. The van der Waals surface area contributed by atoms with Crippen molar-refractivity contribution in [1.82, 2.24) is 5.32 Å². The number of ether oxygens (including phenoxy) is 3. The molecule has 0 aliphatic carbocycles. The zero-order chi connectivity index (χ0) is 22.9. The highest BCUT2D eigenvalue weighted by molar-refractivity contribution is 6.10. The maximum Gasteiger partial charge on any atom is 0.272 e. The number of benzene rings is 3. The fraction of sp³-hybridized carbons (Fsp3) is 0.120. The summed E-state index contributed by atoms with van der Waals surface area (Å²) < 4.78 is 15.4. The second-order valence-electron chi connectivity index (χ2n) is 6.70. The number of carbonyl (C=O) groups is 2. The molecule has 0 bridgehead atoms. The lowest BCUT2D eigenvalue weighted by molar-refractivity contribution is -0.113. The summed E-state index contributed by atoms with van der Waals surface area (Å²) in [5, 5.41) is 5.49. The summed E-state index contributed by atoms with van der Waals surface area (Å²) in [6.07, 6.45) is 1.60. The lowest BCUT2D eigenvalue weighted by Gasteiger charge is -2.12. The van der Waals surface area contributed by atoms with Crippen molar-refractivity contribution in [2.75, 3.05) is 26.6 Å². The third-order valence-corrected chi connectivity index (χ3v) is 4.62. The van der Waals surface area contributed by atoms with Gasteiger partial charge in [0.25, 0.3) is 11.8 Å². The molecule has 0 aromatic heterocycles. The van der Waals surface area contributed by atoms with Gasteiger partial charge in [0.05, 0.1) is 21.3 Å². The summed E-state index contributed by atoms with van der Waals surface area (Å²) in [4.78, 5) is 25.8. The Morgan fingerprint density at radius 2 is 1.16 bits per heavy atom. The molecule has 2 N–H and O–H groups in total. The van der Waals surface area contributed by atoms with E-state index < -0.39 is 11.8 Å². The van der Waals surface area contributed by atoms with Gasteiger partial charge in [-0.3, -0.25) is 9.59 Å². The molecule has 0 spiro atoms. The molecule has 7 nitrogen and oxygen atoms in total. The van der Waals surface area contributed by atoms with E-state index in [1.807, 2.05) is 0 Å². The molecule has 32 heavy (non-hydrogen) atoms. The average Bonchev–Trinajstić information content (AvgIpc) is 2.84. The second-order valence-corrected chi connectivity index (χ2v) is 6.70. The van der Waals surface area contributed by atoms with Crippen LogP contribution in [-0.2, 0) is 4.79 Å². The fourth-order valence-electron chi connectivity index (χ4n) is 2.83. The van der Waals surface area contributed by atoms with Crippen molar-refractivity contribution in [2.24, 2.45) is 0 Å². The summed E-state index contributed by atoms with van der Waals surface area (Å²) in [6.45, 7) is 0. The Kier molecular flexibility index (Phi) is 7.48. The molecule has 2 amide bonds. The van der Waals surface area contributed by atoms with Crippen LogP contribution in [0.15, 0.2) is 78.5 Å². The van der Waals surface area contributed by atoms with Crippen LogP contribution in [0.3, 0.4) is 0 Å². The minimum atomic E-state index is -0.465. The molecular formula is C25H24N2O5. The molecule has 0 unspecified atom stereocenters. The molecule has 0 atom stereocenters. The summed E-state index contributed by atoms with van der Waals surface area (Å²) in [7, 11) is 4.69. The van der Waals surface area contributed by atoms with Gasteiger partial charge in [0.15, 0.2) is 0 Å². The van der Waals surface area contributed by atoms with Gasteiger partial charge in [0, 0.05) is 11.3 Å². The van der Waals surface area contributed by atoms with Crippen LogP contribution in [0.4, 0.5) is 5.69 Å². The highest BCUT2D eigenvalue weighted by Gasteiger charge is 2.15. The molecule has 0 aliphatic rings. The van der Waals surface area contributed by atoms with E-state index in [2.05, 4.69) is 10.6 Å². The zero-order valence-electron chi connectivity index (χ0n) is 18.0. The first-order valence-corrected chi connectivity index (χ1v) is 9.79. The molecule has 0 fully saturated rings. The maximum absolute atomic E-state index is 13.0. The van der Waals surface area contributed by atoms with Crippen LogP contribution in [0.1, 0.15) is 15.9 Å². The third-order valence-electron chi connectivity index (χ3n) is 4.62. The standard InChI is InChI=1S/C25H24N2O5/c1-30-20-10-4-17(5-11-20)16-23(25(29)26-19-8-14-22(32-3)15-9-19)27-24(28)18-6-12-21(31-2)13-7-18/h4-16H,1-3H3,(H,26,29)(H,27,28)/b23-16-. The third kappa shape index (κ3) is 5.89. The van der Waals surface area contributed by atoms with Crippen molar-refractivity contribution in [3.8, 4) is 17.2 Å². The van der Waals surface area contributed by atoms with Crippen molar-refractivity contribution in [2.45, 2.75) is 0 Å². The van der Waals surface area contributed by atoms with Crippen LogP contribution < -0.4 is 24.8 Å². The van der Waals surface area contributed by atoms with Crippen molar-refractivity contribution in [3.63, 3.8) is 0 Å². The van der Waals surface area contributed by atoms with E-state index in [9.17, 15) is 9.59 Å². The van der Waals surface area contributed by atoms with Gasteiger partial charge in [-0.15, -0.1) is 0 Å². The van der Waals surface area contributed by atoms with Crippen LogP contribution in [0.5, 0.6) is 17.2 Å². The first kappa shape index (κ1) is 22.4. The van der Waals surface area contributed by atoms with Crippen LogP contribution in [-0.4, -0.2) is 33.1 Å². The first-order valence-electron chi connectivity index (χ1n) is 9.79. The molecule has 3 aromatic carbocycles. The minimum absolute atomic E-state index is 0.0896. The Balaban J connectivity index is 1.85. The van der Waals surface area contributed by atoms with E-state index in [0.29, 0.717) is 28.5 Å². The molecule has 0 radical (unpaired) electrons. The van der Waals surface area contributed by atoms with Crippen molar-refractivity contribution in [3.05, 3.63) is 89.6 Å². The first-order chi connectivity index (χ1) is 15.5. The van der Waals surface area contributed by atoms with Gasteiger partial charge in [-0.25, -0.2) is 0 Å². The van der Waals surface area contributed by atoms with E-state index in [-0.39, 0.29) is 5.70 Å². The number of rotatable bonds is 8. The molecule has 7 heteroatoms. The van der Waals surface area contributed by atoms with Crippen LogP contribution in [0, 0.1) is 0 Å². The number of anilines is 1. The molecular weight excluding hydrogens is 408 g/mol. The monoisotopic (exact) mass is 432 g/mol. The molecule has 0 aliphatic heterocycles. The summed E-state index contributed by atoms with van der Waals surface area (Å²) >= 11 is 0. The lowest BCUT2D eigenvalue weighted by atomic mass is 10.1. The van der Waals surface area contributed by atoms with Crippen LogP contribution in [0.25, 0.3) is 6.08 Å². The fourth-order valence-corrected chi connectivity index (χ4v) is 2.83. The number of amides is 2.